The second-order valence-electron chi connectivity index (χ2n) is 4.85. The summed E-state index contributed by atoms with van der Waals surface area (Å²) in [7, 11) is 1.48. The number of nitro groups is 1. The van der Waals surface area contributed by atoms with Crippen molar-refractivity contribution >= 4 is 41.0 Å². The fraction of sp³-hybridized carbons (Fsp3) is 0.0625. The predicted molar refractivity (Wildman–Crippen MR) is 95.5 cm³/mol. The summed E-state index contributed by atoms with van der Waals surface area (Å²) in [4.78, 5) is 33.7. The van der Waals surface area contributed by atoms with E-state index in [1.54, 1.807) is 24.3 Å². The molecule has 2 N–H and O–H groups in total. The predicted octanol–water partition coefficient (Wildman–Crippen LogP) is 2.35. The number of nitro benzene ring substituents is 1. The second kappa shape index (κ2) is 8.58. The molecule has 2 aromatic rings. The molecule has 0 fully saturated rings. The number of amides is 2. The van der Waals surface area contributed by atoms with Crippen LogP contribution in [0.3, 0.4) is 0 Å². The quantitative estimate of drug-likeness (QED) is 0.359. The van der Waals surface area contributed by atoms with E-state index in [1.165, 1.54) is 25.3 Å². The first-order valence-corrected chi connectivity index (χ1v) is 7.51. The van der Waals surface area contributed by atoms with Crippen molar-refractivity contribution in [3.8, 4) is 5.75 Å². The summed E-state index contributed by atoms with van der Waals surface area (Å²) < 4.78 is 5.01. The van der Waals surface area contributed by atoms with E-state index in [0.29, 0.717) is 17.0 Å². The highest BCUT2D eigenvalue weighted by molar-refractivity contribution is 6.39. The number of ether oxygens (including phenoxy) is 1. The summed E-state index contributed by atoms with van der Waals surface area (Å²) in [5.74, 6) is -1.42. The van der Waals surface area contributed by atoms with Crippen molar-refractivity contribution in [3.63, 3.8) is 0 Å². The van der Waals surface area contributed by atoms with E-state index in [1.807, 2.05) is 5.43 Å². The number of hydrazone groups is 1. The first-order valence-electron chi connectivity index (χ1n) is 7.13. The van der Waals surface area contributed by atoms with Gasteiger partial charge in [-0.2, -0.15) is 5.10 Å². The molecule has 134 valence electrons. The molecule has 0 atom stereocenters. The molecule has 0 saturated heterocycles. The van der Waals surface area contributed by atoms with E-state index in [2.05, 4.69) is 10.4 Å². The van der Waals surface area contributed by atoms with Gasteiger partial charge in [-0.25, -0.2) is 5.43 Å². The highest BCUT2D eigenvalue weighted by atomic mass is 35.5. The number of benzene rings is 2. The molecule has 26 heavy (non-hydrogen) atoms. The zero-order chi connectivity index (χ0) is 19.1. The van der Waals surface area contributed by atoms with E-state index < -0.39 is 16.7 Å². The second-order valence-corrected chi connectivity index (χ2v) is 5.26. The van der Waals surface area contributed by atoms with E-state index in [4.69, 9.17) is 16.3 Å². The van der Waals surface area contributed by atoms with Crippen LogP contribution in [0.15, 0.2) is 47.6 Å². The molecule has 0 aliphatic heterocycles. The van der Waals surface area contributed by atoms with Crippen LogP contribution in [-0.2, 0) is 9.59 Å². The van der Waals surface area contributed by atoms with Crippen LogP contribution in [0.25, 0.3) is 0 Å². The Morgan fingerprint density at radius 3 is 2.69 bits per heavy atom. The van der Waals surface area contributed by atoms with Crippen LogP contribution < -0.4 is 15.5 Å². The van der Waals surface area contributed by atoms with Gasteiger partial charge >= 0.3 is 11.8 Å². The molecule has 0 heterocycles. The molecular formula is C16H13ClN4O5. The van der Waals surface area contributed by atoms with E-state index >= 15 is 0 Å². The summed E-state index contributed by atoms with van der Waals surface area (Å²) in [6.07, 6.45) is 1.15. The fourth-order valence-electron chi connectivity index (χ4n) is 1.85. The van der Waals surface area contributed by atoms with Crippen LogP contribution >= 0.6 is 11.6 Å². The Bertz CT molecular complexity index is 885. The SMILES string of the molecule is COc1cccc(NC(=O)C(=O)N/N=C/c2ccc(Cl)c([N+](=O)[O-])c2)c1. The molecule has 0 aliphatic carbocycles. The lowest BCUT2D eigenvalue weighted by Gasteiger charge is -2.05. The van der Waals surface area contributed by atoms with Gasteiger partial charge < -0.3 is 10.1 Å². The van der Waals surface area contributed by atoms with Gasteiger partial charge in [0.2, 0.25) is 0 Å². The standard InChI is InChI=1S/C16H13ClN4O5/c1-26-12-4-2-3-11(8-12)19-15(22)16(23)20-18-9-10-5-6-13(17)14(7-10)21(24)25/h2-9H,1H3,(H,19,22)(H,20,23)/b18-9+. The topological polar surface area (TPSA) is 123 Å². The minimum atomic E-state index is -1.01. The number of nitrogens with zero attached hydrogens (tertiary/aromatic N) is 2. The largest absolute Gasteiger partial charge is 0.497 e. The van der Waals surface area contributed by atoms with Crippen LogP contribution in [0, 0.1) is 10.1 Å². The van der Waals surface area contributed by atoms with Gasteiger partial charge in [0.15, 0.2) is 0 Å². The van der Waals surface area contributed by atoms with Crippen LogP contribution in [-0.4, -0.2) is 30.1 Å². The minimum Gasteiger partial charge on any atom is -0.497 e. The van der Waals surface area contributed by atoms with Crippen molar-refractivity contribution in [3.05, 3.63) is 63.2 Å². The van der Waals surface area contributed by atoms with Crippen LogP contribution in [0.5, 0.6) is 5.75 Å². The zero-order valence-corrected chi connectivity index (χ0v) is 14.2. The van der Waals surface area contributed by atoms with Gasteiger partial charge in [-0.1, -0.05) is 23.7 Å². The van der Waals surface area contributed by atoms with Crippen molar-refractivity contribution < 1.29 is 19.2 Å². The highest BCUT2D eigenvalue weighted by Crippen LogP contribution is 2.24. The molecule has 0 unspecified atom stereocenters. The Hall–Kier alpha value is -3.46. The Labute approximate surface area is 152 Å². The molecule has 2 rings (SSSR count). The van der Waals surface area contributed by atoms with Crippen molar-refractivity contribution in [1.29, 1.82) is 0 Å². The monoisotopic (exact) mass is 376 g/mol. The highest BCUT2D eigenvalue weighted by Gasteiger charge is 2.14. The van der Waals surface area contributed by atoms with Crippen LogP contribution in [0.1, 0.15) is 5.56 Å². The molecule has 0 radical (unpaired) electrons. The first kappa shape index (κ1) is 18.9. The summed E-state index contributed by atoms with van der Waals surface area (Å²) >= 11 is 5.70. The van der Waals surface area contributed by atoms with Crippen molar-refractivity contribution in [1.82, 2.24) is 5.43 Å². The number of halogens is 1. The van der Waals surface area contributed by atoms with Gasteiger partial charge in [0.05, 0.1) is 18.2 Å². The number of anilines is 1. The molecule has 9 nitrogen and oxygen atoms in total. The average molecular weight is 377 g/mol. The third-order valence-electron chi connectivity index (χ3n) is 3.08. The third-order valence-corrected chi connectivity index (χ3v) is 3.40. The maximum atomic E-state index is 11.8. The number of hydrogen-bond acceptors (Lipinski definition) is 6. The Balaban J connectivity index is 1.97. The molecule has 0 aromatic heterocycles. The molecule has 0 aliphatic rings. The first-order chi connectivity index (χ1) is 12.4. The van der Waals surface area contributed by atoms with E-state index in [0.717, 1.165) is 6.21 Å². The summed E-state index contributed by atoms with van der Waals surface area (Å²) in [6.45, 7) is 0. The van der Waals surface area contributed by atoms with Gasteiger partial charge in [0.25, 0.3) is 5.69 Å². The number of carbonyl (C=O) groups is 2. The molecule has 0 saturated carbocycles. The number of rotatable bonds is 5. The molecule has 10 heteroatoms. The normalized spacial score (nSPS) is 10.4. The maximum Gasteiger partial charge on any atom is 0.329 e. The molecule has 0 spiro atoms. The van der Waals surface area contributed by atoms with Crippen LogP contribution in [0.2, 0.25) is 5.02 Å². The van der Waals surface area contributed by atoms with E-state index in [9.17, 15) is 19.7 Å². The van der Waals surface area contributed by atoms with E-state index in [-0.39, 0.29) is 10.7 Å². The van der Waals surface area contributed by atoms with Crippen molar-refractivity contribution in [2.24, 2.45) is 5.10 Å². The lowest BCUT2D eigenvalue weighted by Crippen LogP contribution is -2.32. The van der Waals surface area contributed by atoms with Gasteiger partial charge in [-0.3, -0.25) is 19.7 Å². The van der Waals surface area contributed by atoms with Gasteiger partial charge in [-0.15, -0.1) is 0 Å². The third kappa shape index (κ3) is 5.02. The molecule has 2 amide bonds. The minimum absolute atomic E-state index is 0.0196. The molecular weight excluding hydrogens is 364 g/mol. The maximum absolute atomic E-state index is 11.8. The fourth-order valence-corrected chi connectivity index (χ4v) is 2.04. The average Bonchev–Trinajstić information content (AvgIpc) is 2.62. The lowest BCUT2D eigenvalue weighted by molar-refractivity contribution is -0.384. The van der Waals surface area contributed by atoms with Crippen molar-refractivity contribution in [2.45, 2.75) is 0 Å². The van der Waals surface area contributed by atoms with Crippen molar-refractivity contribution in [2.75, 3.05) is 12.4 Å². The molecule has 2 aromatic carbocycles. The van der Waals surface area contributed by atoms with Gasteiger partial charge in [0.1, 0.15) is 10.8 Å². The number of carbonyl (C=O) groups excluding carboxylic acids is 2. The zero-order valence-electron chi connectivity index (χ0n) is 13.4. The summed E-state index contributed by atoms with van der Waals surface area (Å²) in [5.41, 5.74) is 2.44. The van der Waals surface area contributed by atoms with Gasteiger partial charge in [0, 0.05) is 23.4 Å². The Kier molecular flexibility index (Phi) is 6.23. The number of nitrogens with one attached hydrogen (secondary N) is 2. The Morgan fingerprint density at radius 2 is 2.00 bits per heavy atom. The Morgan fingerprint density at radius 1 is 1.23 bits per heavy atom. The lowest BCUT2D eigenvalue weighted by atomic mass is 10.2. The smallest absolute Gasteiger partial charge is 0.329 e. The molecule has 0 bridgehead atoms. The van der Waals surface area contributed by atoms with Gasteiger partial charge in [-0.05, 0) is 18.2 Å². The summed E-state index contributed by atoms with van der Waals surface area (Å²) in [5, 5.41) is 16.8. The number of methoxy groups -OCH3 is 1. The van der Waals surface area contributed by atoms with Crippen LogP contribution in [0.4, 0.5) is 11.4 Å². The number of hydrogen-bond donors (Lipinski definition) is 2. The summed E-state index contributed by atoms with van der Waals surface area (Å²) in [6, 6.07) is 10.5.